The standard InChI is InChI=1S/C17H18ClN7O/c18-14-8-19-25(10-14)15-6-7-23(11-15)17(26)20-16-12-24(22-21-16)9-13-4-2-1-3-5-13/h1-5,8,10,12,15H,6-7,9,11H2,(H,20,26). The van der Waals surface area contributed by atoms with E-state index >= 15 is 0 Å². The van der Waals surface area contributed by atoms with Crippen LogP contribution in [0.3, 0.4) is 0 Å². The summed E-state index contributed by atoms with van der Waals surface area (Å²) < 4.78 is 3.51. The van der Waals surface area contributed by atoms with Crippen molar-refractivity contribution in [3.63, 3.8) is 0 Å². The van der Waals surface area contributed by atoms with Crippen molar-refractivity contribution in [2.75, 3.05) is 18.4 Å². The van der Waals surface area contributed by atoms with Crippen LogP contribution in [0.25, 0.3) is 0 Å². The van der Waals surface area contributed by atoms with Crippen LogP contribution in [-0.4, -0.2) is 48.8 Å². The molecule has 2 aromatic heterocycles. The number of halogens is 1. The SMILES string of the molecule is O=C(Nc1cn(Cc2ccccc2)nn1)N1CCC(n2cc(Cl)cn2)C1. The molecule has 1 saturated heterocycles. The largest absolute Gasteiger partial charge is 0.323 e. The topological polar surface area (TPSA) is 80.9 Å². The van der Waals surface area contributed by atoms with Crippen molar-refractivity contribution in [2.24, 2.45) is 0 Å². The average molecular weight is 372 g/mol. The first-order valence-corrected chi connectivity index (χ1v) is 8.75. The van der Waals surface area contributed by atoms with Crippen molar-refractivity contribution in [2.45, 2.75) is 19.0 Å². The van der Waals surface area contributed by atoms with Crippen LogP contribution in [0.4, 0.5) is 10.6 Å². The van der Waals surface area contributed by atoms with E-state index in [1.54, 1.807) is 28.2 Å². The molecule has 1 aliphatic heterocycles. The summed E-state index contributed by atoms with van der Waals surface area (Å²) in [6.07, 6.45) is 5.95. The molecule has 0 saturated carbocycles. The predicted octanol–water partition coefficient (Wildman–Crippen LogP) is 2.66. The number of hydrogen-bond acceptors (Lipinski definition) is 4. The van der Waals surface area contributed by atoms with Crippen LogP contribution in [0, 0.1) is 0 Å². The van der Waals surface area contributed by atoms with Crippen LogP contribution in [0.5, 0.6) is 0 Å². The Morgan fingerprint density at radius 3 is 2.88 bits per heavy atom. The molecule has 26 heavy (non-hydrogen) atoms. The summed E-state index contributed by atoms with van der Waals surface area (Å²) in [5.74, 6) is 0.441. The minimum atomic E-state index is -0.183. The van der Waals surface area contributed by atoms with E-state index < -0.39 is 0 Å². The van der Waals surface area contributed by atoms with Gasteiger partial charge in [-0.2, -0.15) is 5.10 Å². The molecule has 0 aliphatic carbocycles. The van der Waals surface area contributed by atoms with Gasteiger partial charge < -0.3 is 4.90 Å². The van der Waals surface area contributed by atoms with Crippen molar-refractivity contribution in [3.05, 3.63) is 59.5 Å². The Balaban J connectivity index is 1.34. The van der Waals surface area contributed by atoms with E-state index in [-0.39, 0.29) is 12.1 Å². The number of rotatable bonds is 4. The van der Waals surface area contributed by atoms with E-state index in [4.69, 9.17) is 11.6 Å². The molecule has 1 N–H and O–H groups in total. The second kappa shape index (κ2) is 7.17. The molecule has 4 rings (SSSR count). The van der Waals surface area contributed by atoms with Gasteiger partial charge in [0.25, 0.3) is 0 Å². The Morgan fingerprint density at radius 1 is 1.27 bits per heavy atom. The highest BCUT2D eigenvalue weighted by Crippen LogP contribution is 2.22. The predicted molar refractivity (Wildman–Crippen MR) is 97.0 cm³/mol. The highest BCUT2D eigenvalue weighted by molar-refractivity contribution is 6.30. The maximum atomic E-state index is 12.4. The summed E-state index contributed by atoms with van der Waals surface area (Å²) in [5.41, 5.74) is 1.12. The molecule has 8 nitrogen and oxygen atoms in total. The second-order valence-corrected chi connectivity index (χ2v) is 6.68. The zero-order chi connectivity index (χ0) is 17.9. The first-order chi connectivity index (χ1) is 12.7. The van der Waals surface area contributed by atoms with Crippen LogP contribution in [0.2, 0.25) is 5.02 Å². The van der Waals surface area contributed by atoms with Crippen LogP contribution < -0.4 is 5.32 Å². The van der Waals surface area contributed by atoms with Crippen molar-refractivity contribution in [1.29, 1.82) is 0 Å². The highest BCUT2D eigenvalue weighted by atomic mass is 35.5. The van der Waals surface area contributed by atoms with Crippen LogP contribution in [0.1, 0.15) is 18.0 Å². The molecule has 0 bridgehead atoms. The zero-order valence-electron chi connectivity index (χ0n) is 14.0. The fourth-order valence-electron chi connectivity index (χ4n) is 3.05. The van der Waals surface area contributed by atoms with E-state index in [0.717, 1.165) is 12.0 Å². The van der Waals surface area contributed by atoms with Gasteiger partial charge in [-0.05, 0) is 12.0 Å². The molecule has 1 aliphatic rings. The number of hydrogen-bond donors (Lipinski definition) is 1. The van der Waals surface area contributed by atoms with Gasteiger partial charge in [0.15, 0.2) is 5.82 Å². The fraction of sp³-hybridized carbons (Fsp3) is 0.294. The van der Waals surface area contributed by atoms with Crippen LogP contribution in [0.15, 0.2) is 48.9 Å². The second-order valence-electron chi connectivity index (χ2n) is 6.24. The van der Waals surface area contributed by atoms with Crippen molar-refractivity contribution in [1.82, 2.24) is 29.7 Å². The van der Waals surface area contributed by atoms with E-state index in [9.17, 15) is 4.79 Å². The first-order valence-electron chi connectivity index (χ1n) is 8.37. The molecular weight excluding hydrogens is 354 g/mol. The van der Waals surface area contributed by atoms with E-state index in [1.807, 2.05) is 35.0 Å². The average Bonchev–Trinajstić information content (AvgIpc) is 3.37. The van der Waals surface area contributed by atoms with Gasteiger partial charge in [0.1, 0.15) is 0 Å². The lowest BCUT2D eigenvalue weighted by atomic mass is 10.2. The van der Waals surface area contributed by atoms with Gasteiger partial charge in [-0.25, -0.2) is 9.48 Å². The molecule has 134 valence electrons. The summed E-state index contributed by atoms with van der Waals surface area (Å²) in [4.78, 5) is 14.2. The molecule has 0 radical (unpaired) electrons. The Morgan fingerprint density at radius 2 is 2.12 bits per heavy atom. The summed E-state index contributed by atoms with van der Waals surface area (Å²) in [6, 6.07) is 9.92. The molecule has 1 aromatic carbocycles. The van der Waals surface area contributed by atoms with Crippen molar-refractivity contribution in [3.8, 4) is 0 Å². The third-order valence-electron chi connectivity index (χ3n) is 4.36. The Labute approximate surface area is 155 Å². The highest BCUT2D eigenvalue weighted by Gasteiger charge is 2.28. The smallest absolute Gasteiger partial charge is 0.322 e. The van der Waals surface area contributed by atoms with Crippen molar-refractivity contribution >= 4 is 23.4 Å². The van der Waals surface area contributed by atoms with Gasteiger partial charge in [0.05, 0.1) is 30.0 Å². The number of aromatic nitrogens is 5. The number of nitrogens with one attached hydrogen (secondary N) is 1. The number of likely N-dealkylation sites (tertiary alicyclic amines) is 1. The lowest BCUT2D eigenvalue weighted by Crippen LogP contribution is -2.33. The van der Waals surface area contributed by atoms with Gasteiger partial charge >= 0.3 is 6.03 Å². The minimum Gasteiger partial charge on any atom is -0.322 e. The number of nitrogens with zero attached hydrogens (tertiary/aromatic N) is 6. The third-order valence-corrected chi connectivity index (χ3v) is 4.55. The third kappa shape index (κ3) is 3.70. The van der Waals surface area contributed by atoms with E-state index in [2.05, 4.69) is 20.7 Å². The number of carbonyl (C=O) groups excluding carboxylic acids is 1. The van der Waals surface area contributed by atoms with Crippen molar-refractivity contribution < 1.29 is 4.79 Å². The Hall–Kier alpha value is -2.87. The maximum Gasteiger partial charge on any atom is 0.323 e. The van der Waals surface area contributed by atoms with Gasteiger partial charge in [-0.1, -0.05) is 47.1 Å². The van der Waals surface area contributed by atoms with Gasteiger partial charge in [-0.15, -0.1) is 5.10 Å². The van der Waals surface area contributed by atoms with Gasteiger partial charge in [0, 0.05) is 19.3 Å². The summed E-state index contributed by atoms with van der Waals surface area (Å²) >= 11 is 5.91. The summed E-state index contributed by atoms with van der Waals surface area (Å²) in [6.45, 7) is 1.85. The zero-order valence-corrected chi connectivity index (χ0v) is 14.8. The van der Waals surface area contributed by atoms with E-state index in [0.29, 0.717) is 30.5 Å². The number of urea groups is 1. The fourth-order valence-corrected chi connectivity index (χ4v) is 3.19. The quantitative estimate of drug-likeness (QED) is 0.764. The monoisotopic (exact) mass is 371 g/mol. The first kappa shape index (κ1) is 16.6. The molecule has 1 unspecified atom stereocenters. The molecule has 1 fully saturated rings. The van der Waals surface area contributed by atoms with Gasteiger partial charge in [-0.3, -0.25) is 10.00 Å². The summed E-state index contributed by atoms with van der Waals surface area (Å²) in [7, 11) is 0. The Kier molecular flexibility index (Phi) is 4.57. The lowest BCUT2D eigenvalue weighted by molar-refractivity contribution is 0.220. The molecule has 1 atom stereocenters. The number of anilines is 1. The molecule has 2 amide bonds. The molecule has 3 heterocycles. The normalized spacial score (nSPS) is 16.8. The van der Waals surface area contributed by atoms with Gasteiger partial charge in [0.2, 0.25) is 0 Å². The molecule has 9 heteroatoms. The minimum absolute atomic E-state index is 0.141. The molecule has 0 spiro atoms. The van der Waals surface area contributed by atoms with E-state index in [1.165, 1.54) is 0 Å². The maximum absolute atomic E-state index is 12.4. The molecule has 3 aromatic rings. The summed E-state index contributed by atoms with van der Waals surface area (Å²) in [5, 5.41) is 15.7. The Bertz CT molecular complexity index is 891. The lowest BCUT2D eigenvalue weighted by Gasteiger charge is -2.16. The number of amides is 2. The van der Waals surface area contributed by atoms with Crippen LogP contribution in [-0.2, 0) is 6.54 Å². The molecular formula is C17H18ClN7O. The number of benzene rings is 1. The number of carbonyl (C=O) groups is 1. The van der Waals surface area contributed by atoms with Crippen LogP contribution >= 0.6 is 11.6 Å².